The molecular weight excluding hydrogens is 468 g/mol. The molecule has 0 spiro atoms. The molecule has 0 bridgehead atoms. The Morgan fingerprint density at radius 2 is 0.771 bits per heavy atom. The Labute approximate surface area is 208 Å². The molecule has 0 aliphatic heterocycles. The number of carbonyl (C=O) groups excluding carboxylic acids is 1. The van der Waals surface area contributed by atoms with E-state index in [-0.39, 0.29) is 6.61 Å². The number of hydrogen-bond donors (Lipinski definition) is 1. The van der Waals surface area contributed by atoms with E-state index < -0.39 is 5.97 Å². The third kappa shape index (κ3) is 30.8. The number of hydrogen-bond acceptors (Lipinski definition) is 12. The van der Waals surface area contributed by atoms with Crippen LogP contribution in [0.4, 0.5) is 0 Å². The average Bonchev–Trinajstić information content (AvgIpc) is 2.87. The van der Waals surface area contributed by atoms with Gasteiger partial charge in [-0.1, -0.05) is 6.58 Å². The van der Waals surface area contributed by atoms with Crippen molar-refractivity contribution in [1.82, 2.24) is 0 Å². The summed E-state index contributed by atoms with van der Waals surface area (Å²) >= 11 is 0. The second kappa shape index (κ2) is 30.8. The first kappa shape index (κ1) is 33.8. The molecule has 1 N–H and O–H groups in total. The predicted molar refractivity (Wildman–Crippen MR) is 126 cm³/mol. The van der Waals surface area contributed by atoms with Crippen LogP contribution in [-0.4, -0.2) is 130 Å². The van der Waals surface area contributed by atoms with Crippen molar-refractivity contribution in [2.75, 3.05) is 119 Å². The molecule has 0 unspecified atom stereocenters. The van der Waals surface area contributed by atoms with E-state index in [0.717, 1.165) is 18.9 Å². The van der Waals surface area contributed by atoms with Crippen LogP contribution < -0.4 is 0 Å². The lowest BCUT2D eigenvalue weighted by Crippen LogP contribution is -2.15. The highest BCUT2D eigenvalue weighted by Gasteiger charge is 1.97. The second-order valence-electron chi connectivity index (χ2n) is 6.81. The van der Waals surface area contributed by atoms with Crippen LogP contribution in [0.3, 0.4) is 0 Å². The summed E-state index contributed by atoms with van der Waals surface area (Å²) in [6, 6.07) is 0. The number of rotatable bonds is 30. The highest BCUT2D eigenvalue weighted by atomic mass is 17.1. The molecule has 0 radical (unpaired) electrons. The van der Waals surface area contributed by atoms with Crippen LogP contribution in [0.5, 0.6) is 0 Å². The van der Waals surface area contributed by atoms with Gasteiger partial charge >= 0.3 is 5.97 Å². The number of esters is 1. The van der Waals surface area contributed by atoms with E-state index in [9.17, 15) is 4.79 Å². The van der Waals surface area contributed by atoms with Gasteiger partial charge in [-0.25, -0.2) is 9.68 Å². The molecule has 208 valence electrons. The van der Waals surface area contributed by atoms with Gasteiger partial charge in [0.2, 0.25) is 0 Å². The largest absolute Gasteiger partial charge is 0.463 e. The molecule has 12 heteroatoms. The summed E-state index contributed by atoms with van der Waals surface area (Å²) in [5.41, 5.74) is 0. The van der Waals surface area contributed by atoms with E-state index in [2.05, 4.69) is 11.5 Å². The summed E-state index contributed by atoms with van der Waals surface area (Å²) in [5, 5.41) is 8.11. The van der Waals surface area contributed by atoms with Gasteiger partial charge < -0.3 is 42.6 Å². The monoisotopic (exact) mass is 512 g/mol. The topological polar surface area (TPSA) is 130 Å². The molecular formula is C23H44O12. The van der Waals surface area contributed by atoms with Crippen LogP contribution in [0.25, 0.3) is 0 Å². The van der Waals surface area contributed by atoms with Gasteiger partial charge in [0.1, 0.15) is 6.61 Å². The van der Waals surface area contributed by atoms with Gasteiger partial charge in [0.15, 0.2) is 0 Å². The molecule has 0 aromatic carbocycles. The maximum absolute atomic E-state index is 10.8. The number of carbonyl (C=O) groups is 1. The van der Waals surface area contributed by atoms with Crippen molar-refractivity contribution in [3.05, 3.63) is 12.7 Å². The van der Waals surface area contributed by atoms with Gasteiger partial charge in [-0.3, -0.25) is 5.26 Å². The third-order valence-electron chi connectivity index (χ3n) is 4.02. The minimum Gasteiger partial charge on any atom is -0.463 e. The van der Waals surface area contributed by atoms with Crippen molar-refractivity contribution in [1.29, 1.82) is 0 Å². The van der Waals surface area contributed by atoms with E-state index >= 15 is 0 Å². The van der Waals surface area contributed by atoms with E-state index in [0.29, 0.717) is 112 Å². The molecule has 0 atom stereocenters. The van der Waals surface area contributed by atoms with Gasteiger partial charge in [-0.05, 0) is 12.8 Å². The van der Waals surface area contributed by atoms with Crippen molar-refractivity contribution in [2.24, 2.45) is 0 Å². The highest BCUT2D eigenvalue weighted by molar-refractivity contribution is 5.81. The zero-order valence-corrected chi connectivity index (χ0v) is 20.9. The maximum atomic E-state index is 10.8. The van der Waals surface area contributed by atoms with Crippen LogP contribution in [0.15, 0.2) is 12.7 Å². The van der Waals surface area contributed by atoms with Gasteiger partial charge in [0.25, 0.3) is 0 Å². The van der Waals surface area contributed by atoms with Crippen LogP contribution in [0.2, 0.25) is 0 Å². The zero-order chi connectivity index (χ0) is 25.5. The van der Waals surface area contributed by atoms with E-state index in [1.165, 1.54) is 0 Å². The van der Waals surface area contributed by atoms with Gasteiger partial charge in [-0.2, -0.15) is 0 Å². The summed E-state index contributed by atoms with van der Waals surface area (Å²) in [6.45, 7) is 11.7. The molecule has 35 heavy (non-hydrogen) atoms. The zero-order valence-electron chi connectivity index (χ0n) is 20.9. The molecule has 0 aromatic heterocycles. The average molecular weight is 513 g/mol. The van der Waals surface area contributed by atoms with Crippen molar-refractivity contribution in [3.63, 3.8) is 0 Å². The Bertz CT molecular complexity index is 439. The Balaban J connectivity index is 3.03. The standard InChI is InChI=1S/C23H44O12/c1-2-23(24)34-6-4-3-5-26-7-8-27-9-10-28-11-12-29-13-14-30-15-16-31-17-18-32-19-20-33-21-22-35-25/h2,25H,1,3-22H2. The summed E-state index contributed by atoms with van der Waals surface area (Å²) < 4.78 is 47.8. The van der Waals surface area contributed by atoms with Crippen molar-refractivity contribution in [2.45, 2.75) is 12.8 Å². The molecule has 0 amide bonds. The Hall–Kier alpha value is -1.19. The second-order valence-corrected chi connectivity index (χ2v) is 6.81. The first-order valence-corrected chi connectivity index (χ1v) is 12.0. The van der Waals surface area contributed by atoms with E-state index in [1.54, 1.807) is 0 Å². The molecule has 0 rings (SSSR count). The summed E-state index contributed by atoms with van der Waals surface area (Å²) in [5.74, 6) is -0.398. The van der Waals surface area contributed by atoms with Crippen LogP contribution in [0, 0.1) is 0 Å². The predicted octanol–water partition coefficient (Wildman–Crippen LogP) is 1.12. The lowest BCUT2D eigenvalue weighted by molar-refractivity contribution is -0.249. The molecule has 0 heterocycles. The normalized spacial score (nSPS) is 11.1. The molecule has 0 saturated heterocycles. The van der Waals surface area contributed by atoms with Crippen molar-refractivity contribution >= 4 is 5.97 Å². The summed E-state index contributed by atoms with van der Waals surface area (Å²) in [6.07, 6.45) is 2.74. The molecule has 0 aliphatic carbocycles. The Morgan fingerprint density at radius 3 is 1.09 bits per heavy atom. The third-order valence-corrected chi connectivity index (χ3v) is 4.02. The number of ether oxygens (including phenoxy) is 9. The van der Waals surface area contributed by atoms with Crippen LogP contribution >= 0.6 is 0 Å². The van der Waals surface area contributed by atoms with Gasteiger partial charge in [-0.15, -0.1) is 0 Å². The van der Waals surface area contributed by atoms with Crippen molar-refractivity contribution < 1.29 is 57.6 Å². The van der Waals surface area contributed by atoms with Crippen LogP contribution in [0.1, 0.15) is 12.8 Å². The first-order chi connectivity index (χ1) is 17.3. The Kier molecular flexibility index (Phi) is 29.8. The van der Waals surface area contributed by atoms with Gasteiger partial charge in [0.05, 0.1) is 106 Å². The SMILES string of the molecule is C=CC(=O)OCCCCOCCOCCOCCOCCOCCOCCOCCOCCOO. The maximum Gasteiger partial charge on any atom is 0.330 e. The highest BCUT2D eigenvalue weighted by Crippen LogP contribution is 1.93. The molecule has 0 saturated carbocycles. The Morgan fingerprint density at radius 1 is 0.486 bits per heavy atom. The van der Waals surface area contributed by atoms with E-state index in [4.69, 9.17) is 47.9 Å². The lowest BCUT2D eigenvalue weighted by Gasteiger charge is -2.08. The van der Waals surface area contributed by atoms with Crippen LogP contribution in [-0.2, 0) is 52.3 Å². The minimum absolute atomic E-state index is 0.150. The molecule has 0 aliphatic rings. The lowest BCUT2D eigenvalue weighted by atomic mass is 10.3. The first-order valence-electron chi connectivity index (χ1n) is 12.0. The number of unbranched alkanes of at least 4 members (excludes halogenated alkanes) is 1. The fraction of sp³-hybridized carbons (Fsp3) is 0.870. The van der Waals surface area contributed by atoms with Crippen molar-refractivity contribution in [3.8, 4) is 0 Å². The minimum atomic E-state index is -0.398. The van der Waals surface area contributed by atoms with Gasteiger partial charge in [0, 0.05) is 12.7 Å². The molecule has 0 fully saturated rings. The summed E-state index contributed by atoms with van der Waals surface area (Å²) in [4.78, 5) is 14.7. The van der Waals surface area contributed by atoms with E-state index in [1.807, 2.05) is 0 Å². The summed E-state index contributed by atoms with van der Waals surface area (Å²) in [7, 11) is 0. The fourth-order valence-electron chi connectivity index (χ4n) is 2.28. The fourth-order valence-corrected chi connectivity index (χ4v) is 2.28. The molecule has 12 nitrogen and oxygen atoms in total. The quantitative estimate of drug-likeness (QED) is 0.0487. The smallest absolute Gasteiger partial charge is 0.330 e. The molecule has 0 aromatic rings.